The Labute approximate surface area is 167 Å². The second-order valence-electron chi connectivity index (χ2n) is 6.27. The van der Waals surface area contributed by atoms with E-state index in [1.807, 2.05) is 11.4 Å². The second-order valence-corrected chi connectivity index (χ2v) is 7.67. The Morgan fingerprint density at radius 1 is 1.30 bits per heavy atom. The molecule has 1 amide bonds. The number of anilines is 1. The van der Waals surface area contributed by atoms with Gasteiger partial charge in [-0.05, 0) is 49.4 Å². The van der Waals surface area contributed by atoms with Crippen molar-refractivity contribution in [3.63, 3.8) is 0 Å². The molecule has 5 nitrogen and oxygen atoms in total. The summed E-state index contributed by atoms with van der Waals surface area (Å²) in [6.07, 6.45) is 4.27. The number of ether oxygens (including phenoxy) is 1. The summed E-state index contributed by atoms with van der Waals surface area (Å²) >= 11 is 7.59. The number of halogens is 1. The van der Waals surface area contributed by atoms with E-state index >= 15 is 0 Å². The number of hydrogen-bond donors (Lipinski definition) is 0. The third kappa shape index (κ3) is 4.68. The molecule has 0 saturated heterocycles. The Balaban J connectivity index is 1.67. The smallest absolute Gasteiger partial charge is 0.339 e. The van der Waals surface area contributed by atoms with Gasteiger partial charge in [0.25, 0.3) is 5.91 Å². The van der Waals surface area contributed by atoms with Gasteiger partial charge in [0.2, 0.25) is 0 Å². The van der Waals surface area contributed by atoms with Crippen molar-refractivity contribution in [2.75, 3.05) is 18.1 Å². The molecular formula is C20H19ClN2O3S. The maximum absolute atomic E-state index is 12.6. The van der Waals surface area contributed by atoms with Crippen LogP contribution in [0.25, 0.3) is 0 Å². The van der Waals surface area contributed by atoms with E-state index in [9.17, 15) is 9.59 Å². The third-order valence-electron chi connectivity index (χ3n) is 4.48. The van der Waals surface area contributed by atoms with Gasteiger partial charge in [-0.25, -0.2) is 4.79 Å². The van der Waals surface area contributed by atoms with E-state index in [0.717, 1.165) is 31.2 Å². The van der Waals surface area contributed by atoms with Crippen LogP contribution in [0.4, 0.5) is 5.69 Å². The number of fused-ring (bicyclic) bond motifs is 1. The van der Waals surface area contributed by atoms with E-state index in [4.69, 9.17) is 21.6 Å². The van der Waals surface area contributed by atoms with Crippen LogP contribution >= 0.6 is 22.9 Å². The van der Waals surface area contributed by atoms with Gasteiger partial charge in [0.05, 0.1) is 18.1 Å². The molecule has 0 unspecified atom stereocenters. The number of aryl methyl sites for hydroxylation is 1. The van der Waals surface area contributed by atoms with Crippen molar-refractivity contribution in [1.82, 2.24) is 0 Å². The summed E-state index contributed by atoms with van der Waals surface area (Å²) < 4.78 is 5.29. The summed E-state index contributed by atoms with van der Waals surface area (Å²) in [5.41, 5.74) is 2.22. The fourth-order valence-corrected chi connectivity index (χ4v) is 4.45. The van der Waals surface area contributed by atoms with Crippen LogP contribution in [-0.2, 0) is 22.4 Å². The number of rotatable bonds is 6. The van der Waals surface area contributed by atoms with Crippen LogP contribution in [0.2, 0.25) is 5.02 Å². The van der Waals surface area contributed by atoms with Crippen LogP contribution in [0.1, 0.15) is 40.1 Å². The van der Waals surface area contributed by atoms with Gasteiger partial charge >= 0.3 is 5.97 Å². The highest BCUT2D eigenvalue weighted by atomic mass is 35.5. The second kappa shape index (κ2) is 9.03. The molecule has 0 spiro atoms. The molecule has 0 bridgehead atoms. The molecule has 27 heavy (non-hydrogen) atoms. The molecule has 1 aromatic heterocycles. The molecule has 0 fully saturated rings. The van der Waals surface area contributed by atoms with Gasteiger partial charge in [-0.15, -0.1) is 11.3 Å². The first-order valence-corrected chi connectivity index (χ1v) is 10.0. The van der Waals surface area contributed by atoms with Gasteiger partial charge in [-0.3, -0.25) is 4.79 Å². The molecule has 2 aromatic rings. The lowest BCUT2D eigenvalue weighted by Gasteiger charge is -2.22. The first-order valence-electron chi connectivity index (χ1n) is 8.79. The van der Waals surface area contributed by atoms with Gasteiger partial charge in [0.1, 0.15) is 0 Å². The Morgan fingerprint density at radius 2 is 2.11 bits per heavy atom. The van der Waals surface area contributed by atoms with E-state index in [1.54, 1.807) is 35.6 Å². The average molecular weight is 403 g/mol. The SMILES string of the molecule is N#CCCN(C(=O)COC(=O)c1csc2c1CCCC2)c1cccc(Cl)c1. The Bertz CT molecular complexity index is 888. The van der Waals surface area contributed by atoms with E-state index < -0.39 is 5.97 Å². The van der Waals surface area contributed by atoms with Crippen molar-refractivity contribution in [3.05, 3.63) is 50.7 Å². The maximum atomic E-state index is 12.6. The number of hydrogen-bond acceptors (Lipinski definition) is 5. The minimum absolute atomic E-state index is 0.171. The van der Waals surface area contributed by atoms with E-state index in [2.05, 4.69) is 0 Å². The maximum Gasteiger partial charge on any atom is 0.339 e. The van der Waals surface area contributed by atoms with Crippen LogP contribution < -0.4 is 4.90 Å². The van der Waals surface area contributed by atoms with Crippen LogP contribution in [0.15, 0.2) is 29.6 Å². The zero-order valence-corrected chi connectivity index (χ0v) is 16.3. The predicted molar refractivity (Wildman–Crippen MR) is 105 cm³/mol. The number of nitrogens with zero attached hydrogens (tertiary/aromatic N) is 2. The highest BCUT2D eigenvalue weighted by Crippen LogP contribution is 2.30. The molecule has 0 aliphatic heterocycles. The Morgan fingerprint density at radius 3 is 2.89 bits per heavy atom. The molecule has 1 aliphatic carbocycles. The van der Waals surface area contributed by atoms with Gasteiger partial charge in [0.15, 0.2) is 6.61 Å². The number of benzene rings is 1. The predicted octanol–water partition coefficient (Wildman–Crippen LogP) is 4.38. The van der Waals surface area contributed by atoms with Crippen molar-refractivity contribution >= 4 is 40.5 Å². The number of carbonyl (C=O) groups excluding carboxylic acids is 2. The summed E-state index contributed by atoms with van der Waals surface area (Å²) in [6.45, 7) is -0.164. The zero-order valence-electron chi connectivity index (χ0n) is 14.7. The molecular weight excluding hydrogens is 384 g/mol. The van der Waals surface area contributed by atoms with Crippen molar-refractivity contribution < 1.29 is 14.3 Å². The van der Waals surface area contributed by atoms with Gasteiger partial charge in [-0.2, -0.15) is 5.26 Å². The number of nitriles is 1. The summed E-state index contributed by atoms with van der Waals surface area (Å²) in [5, 5.41) is 11.2. The van der Waals surface area contributed by atoms with Crippen LogP contribution in [0.5, 0.6) is 0 Å². The summed E-state index contributed by atoms with van der Waals surface area (Å²) in [4.78, 5) is 27.7. The number of esters is 1. The average Bonchev–Trinajstić information content (AvgIpc) is 3.11. The number of amides is 1. The lowest BCUT2D eigenvalue weighted by atomic mass is 9.96. The molecule has 1 aliphatic rings. The monoisotopic (exact) mass is 402 g/mol. The van der Waals surface area contributed by atoms with E-state index in [1.165, 1.54) is 9.78 Å². The fourth-order valence-electron chi connectivity index (χ4n) is 3.15. The molecule has 1 heterocycles. The standard InChI is InChI=1S/C20H19ClN2O3S/c21-14-5-3-6-15(11-14)23(10-4-9-22)19(24)12-26-20(25)17-13-27-18-8-2-1-7-16(17)18/h3,5-6,11,13H,1-2,4,7-8,10,12H2. The molecule has 0 saturated carbocycles. The van der Waals surface area contributed by atoms with Crippen molar-refractivity contribution in [2.24, 2.45) is 0 Å². The molecule has 1 aromatic carbocycles. The van der Waals surface area contributed by atoms with Crippen molar-refractivity contribution in [1.29, 1.82) is 5.26 Å². The molecule has 7 heteroatoms. The molecule has 0 N–H and O–H groups in total. The van der Waals surface area contributed by atoms with Crippen molar-refractivity contribution in [2.45, 2.75) is 32.1 Å². The van der Waals surface area contributed by atoms with Gasteiger partial charge in [-0.1, -0.05) is 17.7 Å². The Hall–Kier alpha value is -2.36. The highest BCUT2D eigenvalue weighted by molar-refractivity contribution is 7.10. The molecule has 3 rings (SSSR count). The fraction of sp³-hybridized carbons (Fsp3) is 0.350. The van der Waals surface area contributed by atoms with E-state index in [-0.39, 0.29) is 25.5 Å². The van der Waals surface area contributed by atoms with Crippen LogP contribution in [0, 0.1) is 11.3 Å². The molecule has 140 valence electrons. The zero-order chi connectivity index (χ0) is 19.2. The molecule has 0 radical (unpaired) electrons. The first-order chi connectivity index (χ1) is 13.1. The largest absolute Gasteiger partial charge is 0.452 e. The summed E-state index contributed by atoms with van der Waals surface area (Å²) in [5.74, 6) is -0.848. The summed E-state index contributed by atoms with van der Waals surface area (Å²) in [6, 6.07) is 8.84. The minimum Gasteiger partial charge on any atom is -0.452 e. The number of carbonyl (C=O) groups is 2. The van der Waals surface area contributed by atoms with Crippen LogP contribution in [0.3, 0.4) is 0 Å². The normalized spacial score (nSPS) is 12.7. The lowest BCUT2D eigenvalue weighted by molar-refractivity contribution is -0.121. The lowest BCUT2D eigenvalue weighted by Crippen LogP contribution is -2.35. The quantitative estimate of drug-likeness (QED) is 0.672. The summed E-state index contributed by atoms with van der Waals surface area (Å²) in [7, 11) is 0. The minimum atomic E-state index is -0.464. The topological polar surface area (TPSA) is 70.4 Å². The van der Waals surface area contributed by atoms with E-state index in [0.29, 0.717) is 16.3 Å². The van der Waals surface area contributed by atoms with Gasteiger partial charge < -0.3 is 9.64 Å². The highest BCUT2D eigenvalue weighted by Gasteiger charge is 2.23. The Kier molecular flexibility index (Phi) is 6.49. The molecule has 0 atom stereocenters. The first kappa shape index (κ1) is 19.4. The van der Waals surface area contributed by atoms with Crippen LogP contribution in [-0.4, -0.2) is 25.0 Å². The third-order valence-corrected chi connectivity index (χ3v) is 5.80. The van der Waals surface area contributed by atoms with Crippen molar-refractivity contribution in [3.8, 4) is 6.07 Å². The number of thiophene rings is 1. The van der Waals surface area contributed by atoms with Gasteiger partial charge in [0, 0.05) is 27.5 Å².